The van der Waals surface area contributed by atoms with Crippen LogP contribution in [0.15, 0.2) is 24.3 Å². The van der Waals surface area contributed by atoms with E-state index in [1.165, 1.54) is 0 Å². The van der Waals surface area contributed by atoms with Crippen LogP contribution in [0.5, 0.6) is 5.75 Å². The molecule has 0 heterocycles. The van der Waals surface area contributed by atoms with Gasteiger partial charge in [-0.1, -0.05) is 19.1 Å². The van der Waals surface area contributed by atoms with Crippen molar-refractivity contribution in [3.8, 4) is 5.75 Å². The standard InChI is InChI=1S/C13H14F6O2/c1-3-8(2)21-10-6-4-9(5-7-10)11(20,12(14,15)16)13(17,18)19/h4-8,20H,3H2,1-2H3. The predicted octanol–water partition coefficient (Wildman–Crippen LogP) is 4.18. The first-order chi connectivity index (χ1) is 9.43. The Bertz CT molecular complexity index is 449. The Morgan fingerprint density at radius 2 is 1.43 bits per heavy atom. The summed E-state index contributed by atoms with van der Waals surface area (Å²) in [6.45, 7) is 3.51. The van der Waals surface area contributed by atoms with Gasteiger partial charge in [0.25, 0.3) is 5.60 Å². The lowest BCUT2D eigenvalue weighted by molar-refractivity contribution is -0.376. The molecule has 1 atom stereocenters. The summed E-state index contributed by atoms with van der Waals surface area (Å²) < 4.78 is 81.2. The molecule has 0 saturated heterocycles. The smallest absolute Gasteiger partial charge is 0.430 e. The topological polar surface area (TPSA) is 29.5 Å². The summed E-state index contributed by atoms with van der Waals surface area (Å²) in [6.07, 6.45) is -11.4. The Hall–Kier alpha value is -1.44. The van der Waals surface area contributed by atoms with Gasteiger partial charge in [-0.25, -0.2) is 0 Å². The van der Waals surface area contributed by atoms with E-state index in [1.807, 2.05) is 6.92 Å². The predicted molar refractivity (Wildman–Crippen MR) is 62.8 cm³/mol. The van der Waals surface area contributed by atoms with Crippen molar-refractivity contribution in [3.05, 3.63) is 29.8 Å². The van der Waals surface area contributed by atoms with Crippen LogP contribution >= 0.6 is 0 Å². The fraction of sp³-hybridized carbons (Fsp3) is 0.538. The Labute approximate surface area is 117 Å². The van der Waals surface area contributed by atoms with E-state index in [0.29, 0.717) is 18.6 Å². The molecule has 0 aliphatic heterocycles. The number of ether oxygens (including phenoxy) is 1. The molecule has 8 heteroatoms. The third-order valence-corrected chi connectivity index (χ3v) is 3.00. The third-order valence-electron chi connectivity index (χ3n) is 3.00. The molecule has 1 N–H and O–H groups in total. The molecule has 0 bridgehead atoms. The molecule has 21 heavy (non-hydrogen) atoms. The number of benzene rings is 1. The van der Waals surface area contributed by atoms with Crippen LogP contribution < -0.4 is 4.74 Å². The van der Waals surface area contributed by atoms with Crippen molar-refractivity contribution in [2.75, 3.05) is 0 Å². The lowest BCUT2D eigenvalue weighted by Gasteiger charge is -2.32. The highest BCUT2D eigenvalue weighted by Crippen LogP contribution is 2.50. The van der Waals surface area contributed by atoms with Crippen LogP contribution in [0.3, 0.4) is 0 Å². The molecule has 0 aromatic heterocycles. The van der Waals surface area contributed by atoms with Gasteiger partial charge in [0.2, 0.25) is 0 Å². The largest absolute Gasteiger partial charge is 0.491 e. The molecular formula is C13H14F6O2. The fourth-order valence-corrected chi connectivity index (χ4v) is 1.58. The van der Waals surface area contributed by atoms with Crippen LogP contribution in [0.4, 0.5) is 26.3 Å². The molecule has 0 aliphatic rings. The highest BCUT2D eigenvalue weighted by Gasteiger charge is 2.71. The zero-order valence-electron chi connectivity index (χ0n) is 11.2. The number of hydrogen-bond donors (Lipinski definition) is 1. The van der Waals surface area contributed by atoms with Gasteiger partial charge in [-0.05, 0) is 25.5 Å². The normalized spacial score (nSPS) is 14.9. The molecule has 1 unspecified atom stereocenters. The summed E-state index contributed by atoms with van der Waals surface area (Å²) in [7, 11) is 0. The van der Waals surface area contributed by atoms with Gasteiger partial charge in [-0.2, -0.15) is 26.3 Å². The van der Waals surface area contributed by atoms with Crippen molar-refractivity contribution in [1.82, 2.24) is 0 Å². The molecule has 1 rings (SSSR count). The maximum Gasteiger partial charge on any atom is 0.430 e. The van der Waals surface area contributed by atoms with E-state index in [9.17, 15) is 31.4 Å². The molecule has 0 saturated carbocycles. The first-order valence-electron chi connectivity index (χ1n) is 6.06. The maximum absolute atomic E-state index is 12.6. The van der Waals surface area contributed by atoms with Gasteiger partial charge in [-0.15, -0.1) is 0 Å². The van der Waals surface area contributed by atoms with Crippen molar-refractivity contribution in [2.45, 2.75) is 44.3 Å². The number of alkyl halides is 6. The molecule has 0 spiro atoms. The van der Waals surface area contributed by atoms with E-state index in [1.54, 1.807) is 6.92 Å². The minimum absolute atomic E-state index is 0.125. The molecule has 0 aliphatic carbocycles. The molecular weight excluding hydrogens is 302 g/mol. The zero-order chi connectivity index (χ0) is 16.5. The molecule has 1 aromatic carbocycles. The van der Waals surface area contributed by atoms with E-state index < -0.39 is 23.5 Å². The lowest BCUT2D eigenvalue weighted by atomic mass is 9.92. The Kier molecular flexibility index (Phi) is 4.82. The second-order valence-electron chi connectivity index (χ2n) is 4.57. The van der Waals surface area contributed by atoms with Crippen molar-refractivity contribution in [3.63, 3.8) is 0 Å². The minimum atomic E-state index is -5.88. The van der Waals surface area contributed by atoms with Gasteiger partial charge in [0.15, 0.2) is 0 Å². The Morgan fingerprint density at radius 3 is 1.76 bits per heavy atom. The zero-order valence-corrected chi connectivity index (χ0v) is 11.2. The highest BCUT2D eigenvalue weighted by atomic mass is 19.4. The monoisotopic (exact) mass is 316 g/mol. The van der Waals surface area contributed by atoms with Crippen LogP contribution in [0, 0.1) is 0 Å². The van der Waals surface area contributed by atoms with E-state index >= 15 is 0 Å². The van der Waals surface area contributed by atoms with Gasteiger partial charge in [0, 0.05) is 5.56 Å². The number of rotatable bonds is 4. The summed E-state index contributed by atoms with van der Waals surface area (Å²) in [6, 6.07) is 3.03. The van der Waals surface area contributed by atoms with E-state index in [4.69, 9.17) is 4.74 Å². The highest BCUT2D eigenvalue weighted by molar-refractivity contribution is 5.33. The Morgan fingerprint density at radius 1 is 1.00 bits per heavy atom. The number of hydrogen-bond acceptors (Lipinski definition) is 2. The van der Waals surface area contributed by atoms with Crippen molar-refractivity contribution in [2.24, 2.45) is 0 Å². The van der Waals surface area contributed by atoms with Crippen molar-refractivity contribution >= 4 is 0 Å². The van der Waals surface area contributed by atoms with Gasteiger partial charge < -0.3 is 9.84 Å². The van der Waals surface area contributed by atoms with Crippen LogP contribution in [-0.2, 0) is 5.60 Å². The van der Waals surface area contributed by atoms with Crippen molar-refractivity contribution < 1.29 is 36.2 Å². The quantitative estimate of drug-likeness (QED) is 0.845. The minimum Gasteiger partial charge on any atom is -0.491 e. The van der Waals surface area contributed by atoms with Gasteiger partial charge in [-0.3, -0.25) is 0 Å². The fourth-order valence-electron chi connectivity index (χ4n) is 1.58. The van der Waals surface area contributed by atoms with Crippen LogP contribution in [0.2, 0.25) is 0 Å². The SMILES string of the molecule is CCC(C)Oc1ccc(C(O)(C(F)(F)F)C(F)(F)F)cc1. The molecule has 1 aromatic rings. The lowest BCUT2D eigenvalue weighted by Crippen LogP contribution is -2.53. The number of halogens is 6. The first kappa shape index (κ1) is 17.6. The molecule has 120 valence electrons. The Balaban J connectivity index is 3.18. The molecule has 0 radical (unpaired) electrons. The summed E-state index contributed by atoms with van der Waals surface area (Å²) in [5.74, 6) is 0.125. The summed E-state index contributed by atoms with van der Waals surface area (Å²) in [5, 5.41) is 9.18. The van der Waals surface area contributed by atoms with Gasteiger partial charge >= 0.3 is 12.4 Å². The summed E-state index contributed by atoms with van der Waals surface area (Å²) >= 11 is 0. The summed E-state index contributed by atoms with van der Waals surface area (Å²) in [4.78, 5) is 0. The maximum atomic E-state index is 12.6. The average Bonchev–Trinajstić information content (AvgIpc) is 2.35. The average molecular weight is 316 g/mol. The second kappa shape index (κ2) is 5.75. The molecule has 0 amide bonds. The first-order valence-corrected chi connectivity index (χ1v) is 6.06. The molecule has 2 nitrogen and oxygen atoms in total. The van der Waals surface area contributed by atoms with E-state index in [0.717, 1.165) is 12.1 Å². The van der Waals surface area contributed by atoms with E-state index in [-0.39, 0.29) is 11.9 Å². The van der Waals surface area contributed by atoms with Crippen LogP contribution in [-0.4, -0.2) is 23.6 Å². The van der Waals surface area contributed by atoms with E-state index in [2.05, 4.69) is 0 Å². The van der Waals surface area contributed by atoms with Gasteiger partial charge in [0.05, 0.1) is 6.10 Å². The van der Waals surface area contributed by atoms with Crippen molar-refractivity contribution in [1.29, 1.82) is 0 Å². The second-order valence-corrected chi connectivity index (χ2v) is 4.57. The van der Waals surface area contributed by atoms with Crippen LogP contribution in [0.25, 0.3) is 0 Å². The van der Waals surface area contributed by atoms with Crippen LogP contribution in [0.1, 0.15) is 25.8 Å². The van der Waals surface area contributed by atoms with Gasteiger partial charge in [0.1, 0.15) is 5.75 Å². The summed E-state index contributed by atoms with van der Waals surface area (Å²) in [5.41, 5.74) is -6.21. The number of aliphatic hydroxyl groups is 1. The molecule has 0 fully saturated rings. The third kappa shape index (κ3) is 3.42.